The average molecular weight is 485 g/mol. The van der Waals surface area contributed by atoms with Crippen molar-refractivity contribution in [3.8, 4) is 11.4 Å². The van der Waals surface area contributed by atoms with E-state index in [1.54, 1.807) is 48.2 Å². The van der Waals surface area contributed by atoms with Crippen LogP contribution in [-0.2, 0) is 17.8 Å². The van der Waals surface area contributed by atoms with Crippen LogP contribution in [0.2, 0.25) is 5.02 Å². The van der Waals surface area contributed by atoms with Gasteiger partial charge < -0.3 is 14.9 Å². The van der Waals surface area contributed by atoms with Crippen molar-refractivity contribution in [1.29, 1.82) is 0 Å². The van der Waals surface area contributed by atoms with Crippen LogP contribution in [0.25, 0.3) is 11.4 Å². The molecule has 1 aliphatic rings. The van der Waals surface area contributed by atoms with Gasteiger partial charge in [-0.15, -0.1) is 0 Å². The standard InChI is InChI=1S/C25H26ClFN4O3/c1-17-22(9-14-32)25(34)31(24(28-17)18-3-2-4-19(26)15-18)16-23(33)30-12-10-29(11-13-30)21-7-5-20(27)6-8-21/h2-8,15,32H,9-14,16H2,1H3. The Kier molecular flexibility index (Phi) is 7.29. The zero-order valence-electron chi connectivity index (χ0n) is 18.9. The second kappa shape index (κ2) is 10.4. The molecule has 3 aromatic rings. The molecular weight excluding hydrogens is 459 g/mol. The number of hydrogen-bond donors (Lipinski definition) is 1. The van der Waals surface area contributed by atoms with Gasteiger partial charge in [-0.3, -0.25) is 14.2 Å². The molecule has 1 fully saturated rings. The first-order valence-electron chi connectivity index (χ1n) is 11.1. The maximum atomic E-state index is 13.3. The summed E-state index contributed by atoms with van der Waals surface area (Å²) in [5, 5.41) is 9.91. The number of benzene rings is 2. The average Bonchev–Trinajstić information content (AvgIpc) is 2.84. The highest BCUT2D eigenvalue weighted by molar-refractivity contribution is 6.30. The summed E-state index contributed by atoms with van der Waals surface area (Å²) in [6.45, 7) is 3.56. The van der Waals surface area contributed by atoms with Crippen molar-refractivity contribution in [3.05, 3.63) is 81.0 Å². The molecular formula is C25H26ClFN4O3. The Labute approximate surface area is 202 Å². The molecule has 0 bridgehead atoms. The Bertz CT molecular complexity index is 1240. The second-order valence-electron chi connectivity index (χ2n) is 8.22. The van der Waals surface area contributed by atoms with Crippen LogP contribution in [0, 0.1) is 12.7 Å². The second-order valence-corrected chi connectivity index (χ2v) is 8.66. The molecule has 34 heavy (non-hydrogen) atoms. The van der Waals surface area contributed by atoms with Crippen molar-refractivity contribution in [2.24, 2.45) is 0 Å². The molecule has 1 aromatic heterocycles. The molecule has 2 aromatic carbocycles. The van der Waals surface area contributed by atoms with Crippen LogP contribution in [0.3, 0.4) is 0 Å². The van der Waals surface area contributed by atoms with Gasteiger partial charge in [0.05, 0.1) is 0 Å². The van der Waals surface area contributed by atoms with Gasteiger partial charge in [0.15, 0.2) is 0 Å². The summed E-state index contributed by atoms with van der Waals surface area (Å²) in [5.41, 5.74) is 2.11. The maximum Gasteiger partial charge on any atom is 0.257 e. The first kappa shape index (κ1) is 23.9. The van der Waals surface area contributed by atoms with Crippen LogP contribution >= 0.6 is 11.6 Å². The van der Waals surface area contributed by atoms with Gasteiger partial charge in [-0.2, -0.15) is 0 Å². The molecule has 0 saturated carbocycles. The Balaban J connectivity index is 1.57. The van der Waals surface area contributed by atoms with Gasteiger partial charge in [0, 0.05) is 66.7 Å². The zero-order valence-corrected chi connectivity index (χ0v) is 19.6. The van der Waals surface area contributed by atoms with Crippen molar-refractivity contribution < 1.29 is 14.3 Å². The normalized spacial score (nSPS) is 13.9. The van der Waals surface area contributed by atoms with Gasteiger partial charge in [0.2, 0.25) is 5.91 Å². The molecule has 7 nitrogen and oxygen atoms in total. The Morgan fingerprint density at radius 3 is 2.47 bits per heavy atom. The number of amides is 1. The van der Waals surface area contributed by atoms with E-state index in [-0.39, 0.29) is 36.9 Å². The first-order valence-corrected chi connectivity index (χ1v) is 11.5. The van der Waals surface area contributed by atoms with Gasteiger partial charge in [-0.1, -0.05) is 23.7 Å². The lowest BCUT2D eigenvalue weighted by Crippen LogP contribution is -2.50. The molecule has 2 heterocycles. The Morgan fingerprint density at radius 2 is 1.82 bits per heavy atom. The lowest BCUT2D eigenvalue weighted by atomic mass is 10.1. The van der Waals surface area contributed by atoms with E-state index >= 15 is 0 Å². The van der Waals surface area contributed by atoms with Crippen molar-refractivity contribution in [3.63, 3.8) is 0 Å². The number of aliphatic hydroxyl groups excluding tert-OH is 1. The van der Waals surface area contributed by atoms with Gasteiger partial charge in [-0.05, 0) is 43.3 Å². The predicted molar refractivity (Wildman–Crippen MR) is 130 cm³/mol. The summed E-state index contributed by atoms with van der Waals surface area (Å²) in [7, 11) is 0. The molecule has 9 heteroatoms. The fourth-order valence-corrected chi connectivity index (χ4v) is 4.39. The van der Waals surface area contributed by atoms with Crippen molar-refractivity contribution >= 4 is 23.2 Å². The summed E-state index contributed by atoms with van der Waals surface area (Å²) in [5.74, 6) is -0.111. The highest BCUT2D eigenvalue weighted by Gasteiger charge is 2.24. The van der Waals surface area contributed by atoms with E-state index in [0.29, 0.717) is 53.8 Å². The minimum absolute atomic E-state index is 0.164. The highest BCUT2D eigenvalue weighted by Crippen LogP contribution is 2.22. The first-order chi connectivity index (χ1) is 16.4. The highest BCUT2D eigenvalue weighted by atomic mass is 35.5. The van der Waals surface area contributed by atoms with Gasteiger partial charge in [0.1, 0.15) is 18.2 Å². The third kappa shape index (κ3) is 5.13. The van der Waals surface area contributed by atoms with E-state index < -0.39 is 0 Å². The minimum atomic E-state index is -0.338. The van der Waals surface area contributed by atoms with Crippen LogP contribution in [0.15, 0.2) is 53.3 Å². The predicted octanol–water partition coefficient (Wildman–Crippen LogP) is 2.89. The van der Waals surface area contributed by atoms with Crippen LogP contribution in [-0.4, -0.2) is 58.3 Å². The third-order valence-electron chi connectivity index (χ3n) is 6.03. The van der Waals surface area contributed by atoms with Crippen LogP contribution < -0.4 is 10.5 Å². The summed E-state index contributed by atoms with van der Waals surface area (Å²) >= 11 is 6.16. The van der Waals surface area contributed by atoms with E-state index in [1.807, 2.05) is 0 Å². The van der Waals surface area contributed by atoms with E-state index in [0.717, 1.165) is 5.69 Å². The maximum absolute atomic E-state index is 13.3. The van der Waals surface area contributed by atoms with E-state index in [2.05, 4.69) is 9.88 Å². The Hall–Kier alpha value is -3.23. The largest absolute Gasteiger partial charge is 0.396 e. The Morgan fingerprint density at radius 1 is 1.12 bits per heavy atom. The molecule has 0 atom stereocenters. The van der Waals surface area contributed by atoms with E-state index in [4.69, 9.17) is 11.6 Å². The SMILES string of the molecule is Cc1nc(-c2cccc(Cl)c2)n(CC(=O)N2CCN(c3ccc(F)cc3)CC2)c(=O)c1CCO. The number of rotatable bonds is 6. The summed E-state index contributed by atoms with van der Waals surface area (Å²) < 4.78 is 14.6. The minimum Gasteiger partial charge on any atom is -0.396 e. The lowest BCUT2D eigenvalue weighted by molar-refractivity contribution is -0.132. The lowest BCUT2D eigenvalue weighted by Gasteiger charge is -2.36. The molecule has 1 saturated heterocycles. The monoisotopic (exact) mass is 484 g/mol. The zero-order chi connectivity index (χ0) is 24.2. The molecule has 4 rings (SSSR count). The number of hydrogen-bond acceptors (Lipinski definition) is 5. The molecule has 0 radical (unpaired) electrons. The summed E-state index contributed by atoms with van der Waals surface area (Å²) in [6.07, 6.45) is 0.165. The number of anilines is 1. The molecule has 0 unspecified atom stereocenters. The van der Waals surface area contributed by atoms with E-state index in [9.17, 15) is 19.1 Å². The molecule has 1 aliphatic heterocycles. The molecule has 0 aliphatic carbocycles. The number of aliphatic hydroxyl groups is 1. The van der Waals surface area contributed by atoms with Gasteiger partial charge >= 0.3 is 0 Å². The van der Waals surface area contributed by atoms with Crippen molar-refractivity contribution in [2.75, 3.05) is 37.7 Å². The van der Waals surface area contributed by atoms with Gasteiger partial charge in [0.25, 0.3) is 5.56 Å². The van der Waals surface area contributed by atoms with Crippen molar-refractivity contribution in [2.45, 2.75) is 19.9 Å². The fourth-order valence-electron chi connectivity index (χ4n) is 4.20. The number of aromatic nitrogens is 2. The number of halogens is 2. The number of piperazine rings is 1. The van der Waals surface area contributed by atoms with Gasteiger partial charge in [-0.25, -0.2) is 9.37 Å². The van der Waals surface area contributed by atoms with E-state index in [1.165, 1.54) is 16.7 Å². The summed E-state index contributed by atoms with van der Waals surface area (Å²) in [6, 6.07) is 13.3. The third-order valence-corrected chi connectivity index (χ3v) is 6.27. The molecule has 1 amide bonds. The topological polar surface area (TPSA) is 78.7 Å². The smallest absolute Gasteiger partial charge is 0.257 e. The number of carbonyl (C=O) groups is 1. The number of aryl methyl sites for hydroxylation is 1. The molecule has 1 N–H and O–H groups in total. The fraction of sp³-hybridized carbons (Fsp3) is 0.320. The number of carbonyl (C=O) groups excluding carboxylic acids is 1. The molecule has 0 spiro atoms. The van der Waals surface area contributed by atoms with Crippen LogP contribution in [0.5, 0.6) is 0 Å². The van der Waals surface area contributed by atoms with Crippen LogP contribution in [0.4, 0.5) is 10.1 Å². The molecule has 178 valence electrons. The van der Waals surface area contributed by atoms with Crippen molar-refractivity contribution in [1.82, 2.24) is 14.5 Å². The number of nitrogens with zero attached hydrogens (tertiary/aromatic N) is 4. The van der Waals surface area contributed by atoms with Crippen LogP contribution in [0.1, 0.15) is 11.3 Å². The summed E-state index contributed by atoms with van der Waals surface area (Å²) in [4.78, 5) is 34.9. The quantitative estimate of drug-likeness (QED) is 0.582.